The number of anilines is 2. The maximum absolute atomic E-state index is 12.8. The Morgan fingerprint density at radius 1 is 0.895 bits per heavy atom. The number of rotatable bonds is 8. The van der Waals surface area contributed by atoms with Crippen LogP contribution in [0.15, 0.2) is 71.6 Å². The zero-order valence-corrected chi connectivity index (χ0v) is 23.7. The summed E-state index contributed by atoms with van der Waals surface area (Å²) in [7, 11) is -7.36. The average Bonchev–Trinajstić information content (AvgIpc) is 2.88. The first-order valence-electron chi connectivity index (χ1n) is 11.9. The van der Waals surface area contributed by atoms with E-state index in [0.29, 0.717) is 39.8 Å². The molecule has 1 fully saturated rings. The monoisotopic (exact) mass is 595 g/mol. The topological polar surface area (TPSA) is 113 Å². The van der Waals surface area contributed by atoms with Crippen LogP contribution < -0.4 is 10.0 Å². The summed E-state index contributed by atoms with van der Waals surface area (Å²) in [4.78, 5) is 12.8. The van der Waals surface area contributed by atoms with Gasteiger partial charge in [-0.1, -0.05) is 41.4 Å². The number of hydrogen-bond acceptors (Lipinski definition) is 5. The standard InChI is InChI=1S/C26H27Cl2N3O5S2/c1-18-2-7-23(16-25(18)28)30-38(35,36)24-10-8-22(9-11-24)29-26(32)20-12-14-31(15-13-20)37(33,34)17-19-3-5-21(27)6-4-19/h2-11,16,20,30H,12-15,17H2,1H3,(H,29,32). The molecule has 0 saturated carbocycles. The highest BCUT2D eigenvalue weighted by Gasteiger charge is 2.31. The lowest BCUT2D eigenvalue weighted by atomic mass is 9.97. The van der Waals surface area contributed by atoms with Crippen LogP contribution in [0.5, 0.6) is 0 Å². The molecule has 2 N–H and O–H groups in total. The van der Waals surface area contributed by atoms with Gasteiger partial charge in [0.1, 0.15) is 0 Å². The Bertz CT molecular complexity index is 1520. The Balaban J connectivity index is 1.31. The summed E-state index contributed by atoms with van der Waals surface area (Å²) in [6, 6.07) is 17.4. The number of carbonyl (C=O) groups excluding carboxylic acids is 1. The molecule has 1 amide bonds. The lowest BCUT2D eigenvalue weighted by Crippen LogP contribution is -2.41. The van der Waals surface area contributed by atoms with Crippen LogP contribution in [0.4, 0.5) is 11.4 Å². The van der Waals surface area contributed by atoms with Gasteiger partial charge in [0, 0.05) is 34.7 Å². The van der Waals surface area contributed by atoms with Crippen LogP contribution in [-0.2, 0) is 30.6 Å². The highest BCUT2D eigenvalue weighted by atomic mass is 35.5. The number of hydrogen-bond donors (Lipinski definition) is 2. The number of piperidine rings is 1. The van der Waals surface area contributed by atoms with Crippen LogP contribution in [0.1, 0.15) is 24.0 Å². The van der Waals surface area contributed by atoms with Gasteiger partial charge in [0.05, 0.1) is 16.3 Å². The number of amides is 1. The van der Waals surface area contributed by atoms with Crippen molar-refractivity contribution < 1.29 is 21.6 Å². The fourth-order valence-corrected chi connectivity index (χ4v) is 7.03. The largest absolute Gasteiger partial charge is 0.326 e. The van der Waals surface area contributed by atoms with E-state index in [1.165, 1.54) is 34.6 Å². The van der Waals surface area contributed by atoms with E-state index in [0.717, 1.165) is 5.56 Å². The normalized spacial score (nSPS) is 15.2. The molecule has 1 saturated heterocycles. The van der Waals surface area contributed by atoms with Gasteiger partial charge < -0.3 is 5.32 Å². The molecular weight excluding hydrogens is 569 g/mol. The molecule has 0 bridgehead atoms. The summed E-state index contributed by atoms with van der Waals surface area (Å²) in [5, 5.41) is 3.79. The number of carbonyl (C=O) groups is 1. The van der Waals surface area contributed by atoms with Crippen LogP contribution >= 0.6 is 23.2 Å². The Kier molecular flexibility index (Phi) is 8.68. The van der Waals surface area contributed by atoms with Gasteiger partial charge in [0.15, 0.2) is 0 Å². The smallest absolute Gasteiger partial charge is 0.261 e. The summed E-state index contributed by atoms with van der Waals surface area (Å²) >= 11 is 11.9. The molecule has 0 aliphatic carbocycles. The summed E-state index contributed by atoms with van der Waals surface area (Å²) < 4.78 is 54.9. The molecule has 1 heterocycles. The van der Waals surface area contributed by atoms with Crippen LogP contribution in [0.2, 0.25) is 10.0 Å². The molecule has 4 rings (SSSR count). The highest BCUT2D eigenvalue weighted by molar-refractivity contribution is 7.92. The third kappa shape index (κ3) is 7.06. The van der Waals surface area contributed by atoms with Gasteiger partial charge in [0.25, 0.3) is 10.0 Å². The number of aryl methyl sites for hydroxylation is 1. The second-order valence-electron chi connectivity index (χ2n) is 9.14. The van der Waals surface area contributed by atoms with Crippen molar-refractivity contribution in [2.75, 3.05) is 23.1 Å². The SMILES string of the molecule is Cc1ccc(NS(=O)(=O)c2ccc(NC(=O)C3CCN(S(=O)(=O)Cc4ccc(Cl)cc4)CC3)cc2)cc1Cl. The van der Waals surface area contributed by atoms with E-state index in [9.17, 15) is 21.6 Å². The Hall–Kier alpha value is -2.63. The van der Waals surface area contributed by atoms with Gasteiger partial charge in [-0.25, -0.2) is 21.1 Å². The van der Waals surface area contributed by atoms with Gasteiger partial charge in [-0.05, 0) is 79.4 Å². The summed E-state index contributed by atoms with van der Waals surface area (Å²) in [5.41, 5.74) is 2.28. The first-order chi connectivity index (χ1) is 17.9. The maximum atomic E-state index is 12.8. The predicted molar refractivity (Wildman–Crippen MR) is 150 cm³/mol. The molecule has 0 spiro atoms. The molecule has 0 radical (unpaired) electrons. The molecule has 0 aromatic heterocycles. The Labute approximate surface area is 233 Å². The van der Waals surface area contributed by atoms with Crippen molar-refractivity contribution in [1.82, 2.24) is 4.31 Å². The molecule has 3 aromatic rings. The molecule has 0 atom stereocenters. The molecule has 0 unspecified atom stereocenters. The van der Waals surface area contributed by atoms with E-state index < -0.39 is 20.0 Å². The fourth-order valence-electron chi connectivity index (χ4n) is 4.11. The minimum Gasteiger partial charge on any atom is -0.326 e. The minimum absolute atomic E-state index is 0.0337. The van der Waals surface area contributed by atoms with Crippen molar-refractivity contribution in [3.63, 3.8) is 0 Å². The van der Waals surface area contributed by atoms with Crippen molar-refractivity contribution in [3.05, 3.63) is 87.9 Å². The van der Waals surface area contributed by atoms with Crippen LogP contribution in [0.25, 0.3) is 0 Å². The first-order valence-corrected chi connectivity index (χ1v) is 15.7. The van der Waals surface area contributed by atoms with Crippen molar-refractivity contribution in [2.45, 2.75) is 30.4 Å². The average molecular weight is 597 g/mol. The van der Waals surface area contributed by atoms with Gasteiger partial charge in [-0.3, -0.25) is 9.52 Å². The predicted octanol–water partition coefficient (Wildman–Crippen LogP) is 5.28. The number of sulfonamides is 2. The van der Waals surface area contributed by atoms with Crippen LogP contribution in [0.3, 0.4) is 0 Å². The molecule has 38 heavy (non-hydrogen) atoms. The molecule has 12 heteroatoms. The van der Waals surface area contributed by atoms with Crippen molar-refractivity contribution in [1.29, 1.82) is 0 Å². The number of benzene rings is 3. The quantitative estimate of drug-likeness (QED) is 0.367. The number of halogens is 2. The fraction of sp³-hybridized carbons (Fsp3) is 0.269. The minimum atomic E-state index is -3.84. The molecule has 3 aromatic carbocycles. The van der Waals surface area contributed by atoms with E-state index in [4.69, 9.17) is 23.2 Å². The van der Waals surface area contributed by atoms with E-state index in [2.05, 4.69) is 10.0 Å². The summed E-state index contributed by atoms with van der Waals surface area (Å²) in [6.07, 6.45) is 0.780. The lowest BCUT2D eigenvalue weighted by Gasteiger charge is -2.30. The molecule has 1 aliphatic rings. The Morgan fingerprint density at radius 2 is 1.50 bits per heavy atom. The third-order valence-electron chi connectivity index (χ3n) is 6.34. The summed E-state index contributed by atoms with van der Waals surface area (Å²) in [5.74, 6) is -0.710. The maximum Gasteiger partial charge on any atom is 0.261 e. The van der Waals surface area contributed by atoms with Crippen molar-refractivity contribution in [2.24, 2.45) is 5.92 Å². The second kappa shape index (κ2) is 11.6. The molecule has 202 valence electrons. The van der Waals surface area contributed by atoms with Gasteiger partial charge >= 0.3 is 0 Å². The van der Waals surface area contributed by atoms with Crippen molar-refractivity contribution >= 4 is 60.5 Å². The van der Waals surface area contributed by atoms with Gasteiger partial charge in [-0.2, -0.15) is 0 Å². The highest BCUT2D eigenvalue weighted by Crippen LogP contribution is 2.25. The van der Waals surface area contributed by atoms with Gasteiger partial charge in [-0.15, -0.1) is 0 Å². The molecule has 1 aliphatic heterocycles. The van der Waals surface area contributed by atoms with Crippen molar-refractivity contribution in [3.8, 4) is 0 Å². The van der Waals surface area contributed by atoms with Crippen LogP contribution in [-0.4, -0.2) is 40.1 Å². The zero-order chi connectivity index (χ0) is 27.5. The van der Waals surface area contributed by atoms with Gasteiger partial charge in [0.2, 0.25) is 15.9 Å². The first kappa shape index (κ1) is 28.4. The van der Waals surface area contributed by atoms with E-state index >= 15 is 0 Å². The lowest BCUT2D eigenvalue weighted by molar-refractivity contribution is -0.120. The molecular formula is C26H27Cl2N3O5S2. The third-order valence-corrected chi connectivity index (χ3v) is 10.2. The number of nitrogens with zero attached hydrogens (tertiary/aromatic N) is 1. The van der Waals surface area contributed by atoms with E-state index in [-0.39, 0.29) is 35.6 Å². The van der Waals surface area contributed by atoms with E-state index in [1.807, 2.05) is 6.92 Å². The second-order valence-corrected chi connectivity index (χ2v) is 13.6. The van der Waals surface area contributed by atoms with E-state index in [1.54, 1.807) is 36.4 Å². The summed E-state index contributed by atoms with van der Waals surface area (Å²) in [6.45, 7) is 2.32. The zero-order valence-electron chi connectivity index (χ0n) is 20.5. The Morgan fingerprint density at radius 3 is 2.11 bits per heavy atom. The molecule has 8 nitrogen and oxygen atoms in total. The van der Waals surface area contributed by atoms with Crippen LogP contribution in [0, 0.1) is 12.8 Å². The number of nitrogens with one attached hydrogen (secondary N) is 2.